The molecule has 14 heavy (non-hydrogen) atoms. The summed E-state index contributed by atoms with van der Waals surface area (Å²) < 4.78 is 1.44. The number of hydrogen-bond donors (Lipinski definition) is 2. The highest BCUT2D eigenvalue weighted by atomic mass is 16.4. The molecular weight excluding hydrogens is 184 g/mol. The maximum absolute atomic E-state index is 10.8. The standard InChI is InChI=1S/C9H8N2O3/c12-5-6-2-1-3-11-8(6)7(4-10-11)9(13)14/h1-4,12H,5H2,(H,13,14). The molecule has 2 N–H and O–H groups in total. The van der Waals surface area contributed by atoms with Crippen LogP contribution in [0.5, 0.6) is 0 Å². The van der Waals surface area contributed by atoms with E-state index in [1.807, 2.05) is 0 Å². The van der Waals surface area contributed by atoms with Crippen molar-refractivity contribution < 1.29 is 15.0 Å². The lowest BCUT2D eigenvalue weighted by molar-refractivity contribution is 0.0699. The summed E-state index contributed by atoms with van der Waals surface area (Å²) in [4.78, 5) is 10.8. The molecule has 5 heteroatoms. The van der Waals surface area contributed by atoms with Gasteiger partial charge in [-0.1, -0.05) is 6.07 Å². The van der Waals surface area contributed by atoms with Crippen molar-refractivity contribution in [2.24, 2.45) is 0 Å². The van der Waals surface area contributed by atoms with Gasteiger partial charge in [0.15, 0.2) is 0 Å². The molecule has 0 aliphatic rings. The van der Waals surface area contributed by atoms with Gasteiger partial charge >= 0.3 is 5.97 Å². The highest BCUT2D eigenvalue weighted by molar-refractivity contribution is 5.96. The average molecular weight is 192 g/mol. The summed E-state index contributed by atoms with van der Waals surface area (Å²) in [5.41, 5.74) is 1.11. The number of nitrogens with zero attached hydrogens (tertiary/aromatic N) is 2. The SMILES string of the molecule is O=C(O)c1cnn2cccc(CO)c12. The second kappa shape index (κ2) is 3.12. The van der Waals surface area contributed by atoms with Crippen molar-refractivity contribution in [3.8, 4) is 0 Å². The molecule has 0 bridgehead atoms. The van der Waals surface area contributed by atoms with Gasteiger partial charge in [-0.05, 0) is 6.07 Å². The summed E-state index contributed by atoms with van der Waals surface area (Å²) in [6, 6.07) is 3.38. The normalized spacial score (nSPS) is 10.6. The molecule has 2 rings (SSSR count). The molecule has 0 amide bonds. The smallest absolute Gasteiger partial charge is 0.339 e. The Labute approximate surface area is 79.2 Å². The Morgan fingerprint density at radius 1 is 1.57 bits per heavy atom. The molecule has 72 valence electrons. The van der Waals surface area contributed by atoms with Crippen LogP contribution in [-0.4, -0.2) is 25.8 Å². The zero-order chi connectivity index (χ0) is 10.1. The van der Waals surface area contributed by atoms with Gasteiger partial charge in [-0.2, -0.15) is 5.10 Å². The first-order valence-electron chi connectivity index (χ1n) is 4.03. The molecule has 0 saturated heterocycles. The predicted molar refractivity (Wildman–Crippen MR) is 48.1 cm³/mol. The molecule has 0 radical (unpaired) electrons. The van der Waals surface area contributed by atoms with Gasteiger partial charge in [0.05, 0.1) is 18.3 Å². The van der Waals surface area contributed by atoms with Gasteiger partial charge in [0.25, 0.3) is 0 Å². The Bertz CT molecular complexity index is 490. The van der Waals surface area contributed by atoms with Crippen LogP contribution in [0.25, 0.3) is 5.52 Å². The van der Waals surface area contributed by atoms with Crippen molar-refractivity contribution in [1.82, 2.24) is 9.61 Å². The molecule has 0 unspecified atom stereocenters. The van der Waals surface area contributed by atoms with Gasteiger partial charge in [0.1, 0.15) is 5.56 Å². The predicted octanol–water partition coefficient (Wildman–Crippen LogP) is 0.525. The zero-order valence-electron chi connectivity index (χ0n) is 7.21. The van der Waals surface area contributed by atoms with E-state index in [0.29, 0.717) is 11.1 Å². The van der Waals surface area contributed by atoms with Gasteiger partial charge in [0.2, 0.25) is 0 Å². The number of hydrogen-bond acceptors (Lipinski definition) is 3. The van der Waals surface area contributed by atoms with E-state index in [-0.39, 0.29) is 12.2 Å². The van der Waals surface area contributed by atoms with Gasteiger partial charge < -0.3 is 10.2 Å². The molecule has 2 heterocycles. The number of carbonyl (C=O) groups is 1. The number of aliphatic hydroxyl groups excluding tert-OH is 1. The number of pyridine rings is 1. The van der Waals surface area contributed by atoms with Crippen LogP contribution >= 0.6 is 0 Å². The minimum Gasteiger partial charge on any atom is -0.478 e. The Morgan fingerprint density at radius 3 is 3.00 bits per heavy atom. The van der Waals surface area contributed by atoms with Gasteiger partial charge in [-0.15, -0.1) is 0 Å². The van der Waals surface area contributed by atoms with Crippen LogP contribution in [0.3, 0.4) is 0 Å². The van der Waals surface area contributed by atoms with Crippen molar-refractivity contribution >= 4 is 11.5 Å². The first-order chi connectivity index (χ1) is 6.74. The number of aromatic carboxylic acids is 1. The van der Waals surface area contributed by atoms with Crippen LogP contribution in [0.2, 0.25) is 0 Å². The fourth-order valence-electron chi connectivity index (χ4n) is 1.40. The van der Waals surface area contributed by atoms with Crippen LogP contribution in [0.1, 0.15) is 15.9 Å². The molecule has 0 aliphatic heterocycles. The maximum Gasteiger partial charge on any atom is 0.339 e. The van der Waals surface area contributed by atoms with Crippen LogP contribution in [0.4, 0.5) is 0 Å². The monoisotopic (exact) mass is 192 g/mol. The number of carboxylic acids is 1. The molecule has 0 saturated carbocycles. The van der Waals surface area contributed by atoms with Crippen LogP contribution in [0.15, 0.2) is 24.5 Å². The largest absolute Gasteiger partial charge is 0.478 e. The number of aromatic nitrogens is 2. The number of rotatable bonds is 2. The van der Waals surface area contributed by atoms with Crippen molar-refractivity contribution in [2.45, 2.75) is 6.61 Å². The van der Waals surface area contributed by atoms with Crippen LogP contribution in [-0.2, 0) is 6.61 Å². The van der Waals surface area contributed by atoms with E-state index in [2.05, 4.69) is 5.10 Å². The Balaban J connectivity index is 2.81. The lowest BCUT2D eigenvalue weighted by Gasteiger charge is -2.00. The summed E-state index contributed by atoms with van der Waals surface area (Å²) in [6.07, 6.45) is 2.91. The third-order valence-corrected chi connectivity index (χ3v) is 2.03. The van der Waals surface area contributed by atoms with Crippen molar-refractivity contribution in [2.75, 3.05) is 0 Å². The second-order valence-electron chi connectivity index (χ2n) is 2.85. The topological polar surface area (TPSA) is 74.8 Å². The zero-order valence-corrected chi connectivity index (χ0v) is 7.21. The highest BCUT2D eigenvalue weighted by Crippen LogP contribution is 2.15. The van der Waals surface area contributed by atoms with E-state index < -0.39 is 5.97 Å². The summed E-state index contributed by atoms with van der Waals surface area (Å²) in [6.45, 7) is -0.198. The molecule has 0 atom stereocenters. The van der Waals surface area contributed by atoms with Crippen LogP contribution < -0.4 is 0 Å². The first kappa shape index (κ1) is 8.71. The molecule has 0 aliphatic carbocycles. The molecule has 5 nitrogen and oxygen atoms in total. The minimum atomic E-state index is -1.04. The quantitative estimate of drug-likeness (QED) is 0.727. The van der Waals surface area contributed by atoms with E-state index in [0.717, 1.165) is 0 Å². The van der Waals surface area contributed by atoms with E-state index in [1.165, 1.54) is 10.7 Å². The summed E-state index contributed by atoms with van der Waals surface area (Å²) in [7, 11) is 0. The van der Waals surface area contributed by atoms with E-state index in [4.69, 9.17) is 10.2 Å². The lowest BCUT2D eigenvalue weighted by Crippen LogP contribution is -1.99. The van der Waals surface area contributed by atoms with Gasteiger partial charge in [-0.25, -0.2) is 9.31 Å². The number of carboxylic acid groups (broad SMARTS) is 1. The fourth-order valence-corrected chi connectivity index (χ4v) is 1.40. The first-order valence-corrected chi connectivity index (χ1v) is 4.03. The second-order valence-corrected chi connectivity index (χ2v) is 2.85. The highest BCUT2D eigenvalue weighted by Gasteiger charge is 2.13. The summed E-state index contributed by atoms with van der Waals surface area (Å²) >= 11 is 0. The minimum absolute atomic E-state index is 0.106. The molecule has 0 spiro atoms. The summed E-state index contributed by atoms with van der Waals surface area (Å²) in [5.74, 6) is -1.04. The fraction of sp³-hybridized carbons (Fsp3) is 0.111. The molecular formula is C9H8N2O3. The molecule has 2 aromatic rings. The molecule has 0 aromatic carbocycles. The van der Waals surface area contributed by atoms with E-state index in [9.17, 15) is 4.79 Å². The Hall–Kier alpha value is -1.88. The maximum atomic E-state index is 10.8. The summed E-state index contributed by atoms with van der Waals surface area (Å²) in [5, 5.41) is 21.8. The van der Waals surface area contributed by atoms with Crippen molar-refractivity contribution in [3.63, 3.8) is 0 Å². The van der Waals surface area contributed by atoms with Gasteiger partial charge in [0, 0.05) is 11.8 Å². The number of aliphatic hydroxyl groups is 1. The molecule has 0 fully saturated rings. The number of fused-ring (bicyclic) bond motifs is 1. The third-order valence-electron chi connectivity index (χ3n) is 2.03. The third kappa shape index (κ3) is 1.14. The van der Waals surface area contributed by atoms with E-state index in [1.54, 1.807) is 18.3 Å². The lowest BCUT2D eigenvalue weighted by atomic mass is 10.2. The molecule has 2 aromatic heterocycles. The van der Waals surface area contributed by atoms with Crippen molar-refractivity contribution in [1.29, 1.82) is 0 Å². The van der Waals surface area contributed by atoms with E-state index >= 15 is 0 Å². The van der Waals surface area contributed by atoms with Crippen molar-refractivity contribution in [3.05, 3.63) is 35.7 Å². The average Bonchev–Trinajstić information content (AvgIpc) is 2.60. The Kier molecular flexibility index (Phi) is 1.94. The van der Waals surface area contributed by atoms with Gasteiger partial charge in [-0.3, -0.25) is 0 Å². The van der Waals surface area contributed by atoms with Crippen LogP contribution in [0, 0.1) is 0 Å². The Morgan fingerprint density at radius 2 is 2.36 bits per heavy atom.